The second-order valence-electron chi connectivity index (χ2n) is 9.09. The van der Waals surface area contributed by atoms with Crippen molar-refractivity contribution in [3.05, 3.63) is 36.0 Å². The molecule has 0 radical (unpaired) electrons. The first-order valence-corrected chi connectivity index (χ1v) is 10.9. The Balaban J connectivity index is 1.72. The van der Waals surface area contributed by atoms with Gasteiger partial charge in [0.15, 0.2) is 0 Å². The molecule has 2 aliphatic rings. The second-order valence-corrected chi connectivity index (χ2v) is 9.09. The first-order valence-electron chi connectivity index (χ1n) is 10.9. The minimum Gasteiger partial charge on any atom is -0.393 e. The van der Waals surface area contributed by atoms with Gasteiger partial charge in [0.2, 0.25) is 5.91 Å². The van der Waals surface area contributed by atoms with E-state index in [1.165, 1.54) is 18.4 Å². The van der Waals surface area contributed by atoms with Gasteiger partial charge in [0.25, 0.3) is 0 Å². The SMILES string of the molecule is CC/C=C\C(=O)NC1CCC(C/C=C(C)/C=C/C2CC(O)CC(C)(C)O2)CC1. The topological polar surface area (TPSA) is 58.6 Å². The zero-order chi connectivity index (χ0) is 20.6. The molecule has 1 amide bonds. The van der Waals surface area contributed by atoms with Crippen molar-refractivity contribution in [3.63, 3.8) is 0 Å². The van der Waals surface area contributed by atoms with Crippen LogP contribution in [0.4, 0.5) is 0 Å². The zero-order valence-corrected chi connectivity index (χ0v) is 18.1. The Bertz CT molecular complexity index is 583. The van der Waals surface area contributed by atoms with Crippen LogP contribution < -0.4 is 5.32 Å². The van der Waals surface area contributed by atoms with E-state index < -0.39 is 0 Å². The highest BCUT2D eigenvalue weighted by molar-refractivity contribution is 5.87. The molecule has 0 aromatic carbocycles. The maximum Gasteiger partial charge on any atom is 0.243 e. The van der Waals surface area contributed by atoms with Crippen LogP contribution in [0, 0.1) is 5.92 Å². The highest BCUT2D eigenvalue weighted by Gasteiger charge is 2.32. The summed E-state index contributed by atoms with van der Waals surface area (Å²) in [6, 6.07) is 0.327. The van der Waals surface area contributed by atoms with Crippen molar-refractivity contribution in [1.82, 2.24) is 5.32 Å². The van der Waals surface area contributed by atoms with Crippen LogP contribution in [0.15, 0.2) is 36.0 Å². The van der Waals surface area contributed by atoms with Crippen molar-refractivity contribution in [1.29, 1.82) is 0 Å². The lowest BCUT2D eigenvalue weighted by molar-refractivity contribution is -0.126. The fourth-order valence-corrected chi connectivity index (χ4v) is 4.24. The molecule has 1 heterocycles. The molecule has 0 aromatic rings. The molecule has 0 bridgehead atoms. The number of hydrogen-bond donors (Lipinski definition) is 2. The fourth-order valence-electron chi connectivity index (χ4n) is 4.24. The van der Waals surface area contributed by atoms with E-state index in [4.69, 9.17) is 4.74 Å². The number of allylic oxidation sites excluding steroid dienone is 4. The number of aliphatic hydroxyl groups excluding tert-OH is 1. The molecule has 2 fully saturated rings. The summed E-state index contributed by atoms with van der Waals surface area (Å²) in [5.74, 6) is 0.749. The molecule has 158 valence electrons. The third-order valence-electron chi connectivity index (χ3n) is 5.75. The largest absolute Gasteiger partial charge is 0.393 e. The molecule has 4 heteroatoms. The molecule has 28 heavy (non-hydrogen) atoms. The molecule has 0 spiro atoms. The minimum absolute atomic E-state index is 0.0112. The zero-order valence-electron chi connectivity index (χ0n) is 18.1. The van der Waals surface area contributed by atoms with Crippen LogP contribution in [0.2, 0.25) is 0 Å². The first kappa shape index (κ1) is 22.9. The Labute approximate surface area is 171 Å². The summed E-state index contributed by atoms with van der Waals surface area (Å²) in [4.78, 5) is 11.8. The Kier molecular flexibility index (Phi) is 8.97. The van der Waals surface area contributed by atoms with Crippen molar-refractivity contribution in [2.24, 2.45) is 5.92 Å². The predicted octanol–water partition coefficient (Wildman–Crippen LogP) is 4.84. The fraction of sp³-hybridized carbons (Fsp3) is 0.708. The van der Waals surface area contributed by atoms with Gasteiger partial charge in [0.1, 0.15) is 0 Å². The van der Waals surface area contributed by atoms with Crippen molar-refractivity contribution in [2.75, 3.05) is 0 Å². The van der Waals surface area contributed by atoms with E-state index in [-0.39, 0.29) is 23.7 Å². The van der Waals surface area contributed by atoms with Gasteiger partial charge >= 0.3 is 0 Å². The number of carbonyl (C=O) groups excluding carboxylic acids is 1. The molecular formula is C24H39NO3. The van der Waals surface area contributed by atoms with Gasteiger partial charge in [-0.15, -0.1) is 0 Å². The molecule has 1 aliphatic carbocycles. The van der Waals surface area contributed by atoms with E-state index in [0.717, 1.165) is 25.7 Å². The molecule has 2 atom stereocenters. The third kappa shape index (κ3) is 8.32. The summed E-state index contributed by atoms with van der Waals surface area (Å²) >= 11 is 0. The van der Waals surface area contributed by atoms with Gasteiger partial charge in [-0.05, 0) is 71.3 Å². The molecule has 2 unspecified atom stereocenters. The lowest BCUT2D eigenvalue weighted by atomic mass is 9.83. The molecular weight excluding hydrogens is 350 g/mol. The summed E-state index contributed by atoms with van der Waals surface area (Å²) in [5, 5.41) is 13.1. The molecule has 4 nitrogen and oxygen atoms in total. The molecule has 2 N–H and O–H groups in total. The summed E-state index contributed by atoms with van der Waals surface area (Å²) < 4.78 is 6.04. The summed E-state index contributed by atoms with van der Waals surface area (Å²) in [5.41, 5.74) is 0.992. The van der Waals surface area contributed by atoms with E-state index in [2.05, 4.69) is 30.5 Å². The maximum atomic E-state index is 11.8. The van der Waals surface area contributed by atoms with Gasteiger partial charge in [-0.25, -0.2) is 0 Å². The van der Waals surface area contributed by atoms with Crippen LogP contribution in [-0.2, 0) is 9.53 Å². The summed E-state index contributed by atoms with van der Waals surface area (Å²) in [7, 11) is 0. The standard InChI is InChI=1S/C24H39NO3/c1-5-6-7-23(27)25-20-13-11-19(12-14-20)10-8-18(2)9-15-22-16-21(26)17-24(3,4)28-22/h6-9,15,19-22,26H,5,10-14,16-17H2,1-4H3,(H,25,27)/b7-6-,15-9+,18-8+. The van der Waals surface area contributed by atoms with E-state index >= 15 is 0 Å². The van der Waals surface area contributed by atoms with Crippen molar-refractivity contribution < 1.29 is 14.6 Å². The number of hydrogen-bond acceptors (Lipinski definition) is 3. The van der Waals surface area contributed by atoms with E-state index in [1.54, 1.807) is 6.08 Å². The number of nitrogens with one attached hydrogen (secondary N) is 1. The maximum absolute atomic E-state index is 11.8. The normalized spacial score (nSPS) is 31.4. The predicted molar refractivity (Wildman–Crippen MR) is 115 cm³/mol. The monoisotopic (exact) mass is 389 g/mol. The van der Waals surface area contributed by atoms with E-state index in [1.807, 2.05) is 26.8 Å². The van der Waals surface area contributed by atoms with Crippen molar-refractivity contribution >= 4 is 5.91 Å². The number of ether oxygens (including phenoxy) is 1. The Morgan fingerprint density at radius 2 is 1.93 bits per heavy atom. The van der Waals surface area contributed by atoms with Crippen LogP contribution in [0.1, 0.15) is 79.1 Å². The van der Waals surface area contributed by atoms with E-state index in [0.29, 0.717) is 24.8 Å². The average molecular weight is 390 g/mol. The molecule has 1 saturated carbocycles. The van der Waals surface area contributed by atoms with Gasteiger partial charge in [0.05, 0.1) is 17.8 Å². The lowest BCUT2D eigenvalue weighted by Crippen LogP contribution is -2.41. The number of amides is 1. The second kappa shape index (κ2) is 11.0. The van der Waals surface area contributed by atoms with Gasteiger partial charge in [-0.3, -0.25) is 4.79 Å². The number of rotatable bonds is 7. The lowest BCUT2D eigenvalue weighted by Gasteiger charge is -2.37. The summed E-state index contributed by atoms with van der Waals surface area (Å²) in [6.45, 7) is 8.24. The van der Waals surface area contributed by atoms with Crippen molar-refractivity contribution in [3.8, 4) is 0 Å². The molecule has 1 saturated heterocycles. The Morgan fingerprint density at radius 3 is 2.57 bits per heavy atom. The highest BCUT2D eigenvalue weighted by atomic mass is 16.5. The third-order valence-corrected chi connectivity index (χ3v) is 5.75. The van der Waals surface area contributed by atoms with E-state index in [9.17, 15) is 9.90 Å². The highest BCUT2D eigenvalue weighted by Crippen LogP contribution is 2.30. The quantitative estimate of drug-likeness (QED) is 0.484. The van der Waals surface area contributed by atoms with Crippen LogP contribution in [-0.4, -0.2) is 34.9 Å². The smallest absolute Gasteiger partial charge is 0.243 e. The van der Waals surface area contributed by atoms with Gasteiger partial charge < -0.3 is 15.2 Å². The van der Waals surface area contributed by atoms with Gasteiger partial charge in [0, 0.05) is 18.9 Å². The van der Waals surface area contributed by atoms with Crippen LogP contribution in [0.3, 0.4) is 0 Å². The van der Waals surface area contributed by atoms with Gasteiger partial charge in [-0.2, -0.15) is 0 Å². The molecule has 0 aromatic heterocycles. The molecule has 1 aliphatic heterocycles. The number of aliphatic hydroxyl groups is 1. The Hall–Kier alpha value is -1.39. The van der Waals surface area contributed by atoms with Crippen molar-refractivity contribution in [2.45, 2.75) is 103 Å². The van der Waals surface area contributed by atoms with Crippen LogP contribution in [0.25, 0.3) is 0 Å². The first-order chi connectivity index (χ1) is 13.3. The van der Waals surface area contributed by atoms with Crippen LogP contribution in [0.5, 0.6) is 0 Å². The van der Waals surface area contributed by atoms with Crippen LogP contribution >= 0.6 is 0 Å². The van der Waals surface area contributed by atoms with Gasteiger partial charge in [-0.1, -0.05) is 36.8 Å². The summed E-state index contributed by atoms with van der Waals surface area (Å²) in [6.07, 6.45) is 17.6. The number of carbonyl (C=O) groups is 1. The Morgan fingerprint density at radius 1 is 1.21 bits per heavy atom. The average Bonchev–Trinajstić information content (AvgIpc) is 2.62. The minimum atomic E-state index is -0.282. The molecule has 2 rings (SSSR count).